The van der Waals surface area contributed by atoms with E-state index in [1.165, 1.54) is 6.92 Å². The summed E-state index contributed by atoms with van der Waals surface area (Å²) < 4.78 is 52.0. The second-order valence-corrected chi connectivity index (χ2v) is 9.61. The van der Waals surface area contributed by atoms with Crippen LogP contribution in [-0.4, -0.2) is 34.9 Å². The standard InChI is InChI=1S/C14H23N3O4S2.ClH/c1-2-22(18,19)16-8-9-23(20,21)17-14-5-3-4-11-10-12(15)6-7-13(11)14;/h6-7,10,14,16-17H,2-5,8-9,15H2,1H3;1H. The Labute approximate surface area is 149 Å². The Kier molecular flexibility index (Phi) is 7.48. The molecule has 24 heavy (non-hydrogen) atoms. The summed E-state index contributed by atoms with van der Waals surface area (Å²) in [5.41, 5.74) is 8.45. The van der Waals surface area contributed by atoms with E-state index in [2.05, 4.69) is 9.44 Å². The first-order valence-electron chi connectivity index (χ1n) is 7.58. The molecule has 1 aromatic rings. The molecule has 1 aliphatic carbocycles. The minimum absolute atomic E-state index is 0. The van der Waals surface area contributed by atoms with Crippen molar-refractivity contribution >= 4 is 38.1 Å². The molecular weight excluding hydrogens is 374 g/mol. The maximum atomic E-state index is 12.2. The van der Waals surface area contributed by atoms with Crippen LogP contribution in [0.4, 0.5) is 5.69 Å². The van der Waals surface area contributed by atoms with Gasteiger partial charge in [0.1, 0.15) is 0 Å². The fourth-order valence-corrected chi connectivity index (χ4v) is 4.58. The van der Waals surface area contributed by atoms with Gasteiger partial charge in [0.15, 0.2) is 0 Å². The number of nitrogens with two attached hydrogens (primary N) is 1. The van der Waals surface area contributed by atoms with E-state index in [1.807, 2.05) is 12.1 Å². The van der Waals surface area contributed by atoms with E-state index in [9.17, 15) is 16.8 Å². The number of nitrogen functional groups attached to an aromatic ring is 1. The molecule has 0 amide bonds. The summed E-state index contributed by atoms with van der Waals surface area (Å²) in [7, 11) is -6.96. The Morgan fingerprint density at radius 1 is 1.21 bits per heavy atom. The molecule has 1 aliphatic rings. The molecule has 1 atom stereocenters. The van der Waals surface area contributed by atoms with E-state index in [0.717, 1.165) is 30.4 Å². The van der Waals surface area contributed by atoms with Gasteiger partial charge in [-0.1, -0.05) is 6.07 Å². The van der Waals surface area contributed by atoms with Crippen molar-refractivity contribution < 1.29 is 16.8 Å². The third-order valence-electron chi connectivity index (χ3n) is 3.88. The summed E-state index contributed by atoms with van der Waals surface area (Å²) in [6.45, 7) is 1.37. The highest BCUT2D eigenvalue weighted by molar-refractivity contribution is 7.90. The number of anilines is 1. The average Bonchev–Trinajstić information content (AvgIpc) is 2.46. The predicted octanol–water partition coefficient (Wildman–Crippen LogP) is 0.927. The van der Waals surface area contributed by atoms with E-state index < -0.39 is 20.0 Å². The molecule has 0 heterocycles. The van der Waals surface area contributed by atoms with Gasteiger partial charge in [0.25, 0.3) is 0 Å². The monoisotopic (exact) mass is 397 g/mol. The number of rotatable bonds is 7. The number of sulfonamides is 2. The molecule has 0 aliphatic heterocycles. The Bertz CT molecular complexity index is 766. The second-order valence-electron chi connectivity index (χ2n) is 5.64. The number of nitrogens with one attached hydrogen (secondary N) is 2. The summed E-state index contributed by atoms with van der Waals surface area (Å²) >= 11 is 0. The van der Waals surface area contributed by atoms with Crippen LogP contribution in [0.25, 0.3) is 0 Å². The summed E-state index contributed by atoms with van der Waals surface area (Å²) in [5, 5.41) is 0. The number of benzene rings is 1. The van der Waals surface area contributed by atoms with Gasteiger partial charge in [-0.05, 0) is 49.4 Å². The summed E-state index contributed by atoms with van der Waals surface area (Å²) in [5.74, 6) is -0.356. The van der Waals surface area contributed by atoms with Gasteiger partial charge in [0.2, 0.25) is 20.0 Å². The van der Waals surface area contributed by atoms with E-state index >= 15 is 0 Å². The zero-order chi connectivity index (χ0) is 17.1. The highest BCUT2D eigenvalue weighted by Gasteiger charge is 2.24. The van der Waals surface area contributed by atoms with Gasteiger partial charge in [0, 0.05) is 18.3 Å². The lowest BCUT2D eigenvalue weighted by Gasteiger charge is -2.26. The summed E-state index contributed by atoms with van der Waals surface area (Å²) in [6, 6.07) is 5.22. The third kappa shape index (κ3) is 5.89. The predicted molar refractivity (Wildman–Crippen MR) is 98.2 cm³/mol. The molecule has 138 valence electrons. The molecule has 0 radical (unpaired) electrons. The molecule has 4 N–H and O–H groups in total. The van der Waals surface area contributed by atoms with Crippen molar-refractivity contribution in [1.29, 1.82) is 0 Å². The van der Waals surface area contributed by atoms with E-state index in [4.69, 9.17) is 5.73 Å². The first-order valence-corrected chi connectivity index (χ1v) is 10.9. The van der Waals surface area contributed by atoms with Crippen LogP contribution in [-0.2, 0) is 26.5 Å². The molecule has 1 unspecified atom stereocenters. The van der Waals surface area contributed by atoms with Crippen molar-refractivity contribution in [2.45, 2.75) is 32.2 Å². The molecule has 0 spiro atoms. The quantitative estimate of drug-likeness (QED) is 0.591. The van der Waals surface area contributed by atoms with Crippen LogP contribution in [0, 0.1) is 0 Å². The summed E-state index contributed by atoms with van der Waals surface area (Å²) in [6.07, 6.45) is 2.48. The van der Waals surface area contributed by atoms with Crippen LogP contribution in [0.1, 0.15) is 36.9 Å². The van der Waals surface area contributed by atoms with Crippen LogP contribution in [0.5, 0.6) is 0 Å². The molecular formula is C14H24ClN3O4S2. The van der Waals surface area contributed by atoms with Crippen molar-refractivity contribution in [3.63, 3.8) is 0 Å². The topological polar surface area (TPSA) is 118 Å². The van der Waals surface area contributed by atoms with Crippen LogP contribution < -0.4 is 15.2 Å². The zero-order valence-corrected chi connectivity index (χ0v) is 15.9. The molecule has 0 saturated carbocycles. The van der Waals surface area contributed by atoms with Crippen LogP contribution in [0.3, 0.4) is 0 Å². The third-order valence-corrected chi connectivity index (χ3v) is 6.67. The van der Waals surface area contributed by atoms with Crippen molar-refractivity contribution in [3.8, 4) is 0 Å². The average molecular weight is 398 g/mol. The van der Waals surface area contributed by atoms with E-state index in [-0.39, 0.29) is 36.5 Å². The van der Waals surface area contributed by atoms with Crippen LogP contribution in [0.2, 0.25) is 0 Å². The van der Waals surface area contributed by atoms with Gasteiger partial charge in [-0.3, -0.25) is 0 Å². The van der Waals surface area contributed by atoms with Crippen molar-refractivity contribution in [1.82, 2.24) is 9.44 Å². The fraction of sp³-hybridized carbons (Fsp3) is 0.571. The van der Waals surface area contributed by atoms with Gasteiger partial charge in [-0.25, -0.2) is 26.3 Å². The van der Waals surface area contributed by atoms with Crippen molar-refractivity contribution in [2.75, 3.05) is 23.8 Å². The smallest absolute Gasteiger partial charge is 0.213 e. The number of hydrogen-bond acceptors (Lipinski definition) is 5. The van der Waals surface area contributed by atoms with E-state index in [0.29, 0.717) is 5.69 Å². The highest BCUT2D eigenvalue weighted by Crippen LogP contribution is 2.31. The summed E-state index contributed by atoms with van der Waals surface area (Å²) in [4.78, 5) is 0. The highest BCUT2D eigenvalue weighted by atomic mass is 35.5. The lowest BCUT2D eigenvalue weighted by atomic mass is 9.88. The molecule has 1 aromatic carbocycles. The maximum absolute atomic E-state index is 12.2. The fourth-order valence-electron chi connectivity index (χ4n) is 2.67. The molecule has 0 fully saturated rings. The SMILES string of the molecule is CCS(=O)(=O)NCCS(=O)(=O)NC1CCCc2cc(N)ccc21.Cl. The molecule has 7 nitrogen and oxygen atoms in total. The second kappa shape index (κ2) is 8.48. The number of halogens is 1. The molecule has 0 bridgehead atoms. The first-order chi connectivity index (χ1) is 10.7. The number of hydrogen-bond donors (Lipinski definition) is 3. The van der Waals surface area contributed by atoms with Crippen molar-refractivity contribution in [3.05, 3.63) is 29.3 Å². The maximum Gasteiger partial charge on any atom is 0.213 e. The molecule has 2 rings (SSSR count). The van der Waals surface area contributed by atoms with E-state index in [1.54, 1.807) is 6.07 Å². The van der Waals surface area contributed by atoms with Crippen molar-refractivity contribution in [2.24, 2.45) is 0 Å². The largest absolute Gasteiger partial charge is 0.399 e. The first kappa shape index (κ1) is 21.2. The van der Waals surface area contributed by atoms with Gasteiger partial charge in [-0.2, -0.15) is 0 Å². The van der Waals surface area contributed by atoms with Crippen LogP contribution in [0.15, 0.2) is 18.2 Å². The molecule has 0 saturated heterocycles. The van der Waals surface area contributed by atoms with Crippen LogP contribution >= 0.6 is 12.4 Å². The zero-order valence-electron chi connectivity index (χ0n) is 13.5. The normalized spacial score (nSPS) is 17.8. The molecule has 10 heteroatoms. The minimum atomic E-state index is -3.57. The molecule has 0 aromatic heterocycles. The minimum Gasteiger partial charge on any atom is -0.399 e. The lowest BCUT2D eigenvalue weighted by molar-refractivity contribution is 0.507. The lowest BCUT2D eigenvalue weighted by Crippen LogP contribution is -2.37. The Hall–Kier alpha value is -0.870. The van der Waals surface area contributed by atoms with Gasteiger partial charge in [-0.15, -0.1) is 12.4 Å². The Morgan fingerprint density at radius 2 is 1.92 bits per heavy atom. The van der Waals surface area contributed by atoms with Gasteiger partial charge < -0.3 is 5.73 Å². The number of fused-ring (bicyclic) bond motifs is 1. The number of aryl methyl sites for hydroxylation is 1. The van der Waals surface area contributed by atoms with Gasteiger partial charge in [0.05, 0.1) is 11.5 Å². The Balaban J connectivity index is 0.00000288. The Morgan fingerprint density at radius 3 is 2.58 bits per heavy atom. The van der Waals surface area contributed by atoms with Gasteiger partial charge >= 0.3 is 0 Å².